The summed E-state index contributed by atoms with van der Waals surface area (Å²) in [6.07, 6.45) is 1.52. The van der Waals surface area contributed by atoms with Crippen LogP contribution in [0.1, 0.15) is 25.0 Å². The summed E-state index contributed by atoms with van der Waals surface area (Å²) in [7, 11) is 0. The zero-order chi connectivity index (χ0) is 22.8. The molecule has 3 aromatic carbocycles. The van der Waals surface area contributed by atoms with Crippen molar-refractivity contribution in [2.75, 3.05) is 13.2 Å². The van der Waals surface area contributed by atoms with Gasteiger partial charge in [-0.15, -0.1) is 0 Å². The van der Waals surface area contributed by atoms with Crippen LogP contribution in [0.25, 0.3) is 5.57 Å². The van der Waals surface area contributed by atoms with Gasteiger partial charge < -0.3 is 19.3 Å². The number of carboxylic acid groups (broad SMARTS) is 1. The summed E-state index contributed by atoms with van der Waals surface area (Å²) >= 11 is 0. The molecule has 0 spiro atoms. The highest BCUT2D eigenvalue weighted by Gasteiger charge is 2.17. The molecule has 0 saturated heterocycles. The van der Waals surface area contributed by atoms with Gasteiger partial charge in [0.15, 0.2) is 6.10 Å². The van der Waals surface area contributed by atoms with Gasteiger partial charge in [0.2, 0.25) is 0 Å². The predicted molar refractivity (Wildman–Crippen MR) is 125 cm³/mol. The Bertz CT molecular complexity index is 1010. The van der Waals surface area contributed by atoms with Gasteiger partial charge in [0, 0.05) is 13.0 Å². The van der Waals surface area contributed by atoms with E-state index in [1.54, 1.807) is 6.92 Å². The molecule has 0 radical (unpaired) electrons. The summed E-state index contributed by atoms with van der Waals surface area (Å²) in [5, 5.41) is 9.20. The van der Waals surface area contributed by atoms with Crippen LogP contribution in [0.5, 0.6) is 17.2 Å². The molecule has 32 heavy (non-hydrogen) atoms. The molecule has 0 aromatic heterocycles. The second-order valence-corrected chi connectivity index (χ2v) is 7.27. The van der Waals surface area contributed by atoms with E-state index in [0.29, 0.717) is 19.6 Å². The lowest BCUT2D eigenvalue weighted by Gasteiger charge is -2.12. The van der Waals surface area contributed by atoms with Crippen LogP contribution < -0.4 is 9.47 Å². The van der Waals surface area contributed by atoms with E-state index in [9.17, 15) is 9.90 Å². The van der Waals surface area contributed by atoms with E-state index >= 15 is 0 Å². The number of rotatable bonds is 11. The topological polar surface area (TPSA) is 65.0 Å². The van der Waals surface area contributed by atoms with Gasteiger partial charge in [-0.05, 0) is 73.0 Å². The highest BCUT2D eigenvalue weighted by atomic mass is 16.5. The number of allylic oxidation sites excluding steroid dienone is 1. The molecule has 0 aliphatic carbocycles. The molecule has 0 bridgehead atoms. The van der Waals surface area contributed by atoms with Crippen molar-refractivity contribution in [3.63, 3.8) is 0 Å². The van der Waals surface area contributed by atoms with Gasteiger partial charge in [0.05, 0.1) is 0 Å². The smallest absolute Gasteiger partial charge is 0.333 e. The van der Waals surface area contributed by atoms with Crippen molar-refractivity contribution in [1.29, 1.82) is 0 Å². The summed E-state index contributed by atoms with van der Waals surface area (Å²) in [6, 6.07) is 25.1. The van der Waals surface area contributed by atoms with Gasteiger partial charge in [-0.2, -0.15) is 0 Å². The Labute approximate surface area is 188 Å². The van der Waals surface area contributed by atoms with E-state index in [-0.39, 0.29) is 0 Å². The zero-order valence-electron chi connectivity index (χ0n) is 18.4. The van der Waals surface area contributed by atoms with Crippen LogP contribution in [0.15, 0.2) is 84.9 Å². The number of ether oxygens (including phenoxy) is 3. The fourth-order valence-electron chi connectivity index (χ4n) is 3.15. The summed E-state index contributed by atoms with van der Waals surface area (Å²) in [4.78, 5) is 11.2. The first kappa shape index (κ1) is 23.1. The number of hydrogen-bond acceptors (Lipinski definition) is 4. The van der Waals surface area contributed by atoms with Gasteiger partial charge in [0.25, 0.3) is 0 Å². The third kappa shape index (κ3) is 7.00. The summed E-state index contributed by atoms with van der Waals surface area (Å²) in [6.45, 7) is 4.63. The molecule has 0 aliphatic rings. The molecule has 1 N–H and O–H groups in total. The standard InChI is InChI=1S/C27H28O5/c1-3-30-26(27(28)29)19-21-9-13-23(14-10-21)31-18-17-20(2)22-11-15-25(16-12-22)32-24-7-5-4-6-8-24/h4-17,26H,3,18-19H2,1-2H3,(H,28,29)/t26-/m0/s1. The monoisotopic (exact) mass is 432 g/mol. The maximum absolute atomic E-state index is 11.2. The number of carbonyl (C=O) groups is 1. The molecule has 1 atom stereocenters. The third-order valence-corrected chi connectivity index (χ3v) is 4.92. The molecule has 5 nitrogen and oxygen atoms in total. The maximum Gasteiger partial charge on any atom is 0.333 e. The summed E-state index contributed by atoms with van der Waals surface area (Å²) in [5.74, 6) is 1.38. The highest BCUT2D eigenvalue weighted by Crippen LogP contribution is 2.23. The molecular weight excluding hydrogens is 404 g/mol. The van der Waals surface area contributed by atoms with Crippen molar-refractivity contribution < 1.29 is 24.1 Å². The molecule has 0 aliphatic heterocycles. The zero-order valence-corrected chi connectivity index (χ0v) is 18.4. The second kappa shape index (κ2) is 11.7. The maximum atomic E-state index is 11.2. The van der Waals surface area contributed by atoms with Gasteiger partial charge in [-0.3, -0.25) is 0 Å². The Morgan fingerprint density at radius 1 is 0.906 bits per heavy atom. The first-order valence-electron chi connectivity index (χ1n) is 10.6. The number of aliphatic carboxylic acids is 1. The lowest BCUT2D eigenvalue weighted by atomic mass is 10.1. The Morgan fingerprint density at radius 3 is 2.16 bits per heavy atom. The molecule has 5 heteroatoms. The highest BCUT2D eigenvalue weighted by molar-refractivity contribution is 5.72. The minimum atomic E-state index is -0.951. The fraction of sp³-hybridized carbons (Fsp3) is 0.222. The van der Waals surface area contributed by atoms with Crippen molar-refractivity contribution in [1.82, 2.24) is 0 Å². The Hall–Kier alpha value is -3.57. The minimum absolute atomic E-state index is 0.326. The van der Waals surface area contributed by atoms with E-state index in [0.717, 1.165) is 33.9 Å². The van der Waals surface area contributed by atoms with Gasteiger partial charge in [-0.25, -0.2) is 4.79 Å². The normalized spacial score (nSPS) is 12.2. The summed E-state index contributed by atoms with van der Waals surface area (Å²) < 4.78 is 16.9. The van der Waals surface area contributed by atoms with E-state index < -0.39 is 12.1 Å². The van der Waals surface area contributed by atoms with Crippen LogP contribution in [0, 0.1) is 0 Å². The van der Waals surface area contributed by atoms with Crippen LogP contribution in [0.3, 0.4) is 0 Å². The quantitative estimate of drug-likeness (QED) is 0.403. The van der Waals surface area contributed by atoms with E-state index in [2.05, 4.69) is 0 Å². The molecular formula is C27H28O5. The largest absolute Gasteiger partial charge is 0.490 e. The first-order valence-corrected chi connectivity index (χ1v) is 10.6. The number of para-hydroxylation sites is 1. The van der Waals surface area contributed by atoms with Gasteiger partial charge in [-0.1, -0.05) is 42.5 Å². The van der Waals surface area contributed by atoms with Crippen LogP contribution in [0.2, 0.25) is 0 Å². The molecule has 0 amide bonds. The summed E-state index contributed by atoms with van der Waals surface area (Å²) in [5.41, 5.74) is 3.09. The molecule has 0 fully saturated rings. The minimum Gasteiger partial charge on any atom is -0.490 e. The molecule has 0 heterocycles. The van der Waals surface area contributed by atoms with Crippen LogP contribution in [-0.4, -0.2) is 30.4 Å². The Kier molecular flexibility index (Phi) is 8.46. The third-order valence-electron chi connectivity index (χ3n) is 4.92. The van der Waals surface area contributed by atoms with Crippen molar-refractivity contribution in [3.05, 3.63) is 96.1 Å². The molecule has 0 unspecified atom stereocenters. The van der Waals surface area contributed by atoms with Crippen LogP contribution >= 0.6 is 0 Å². The molecule has 0 saturated carbocycles. The number of carboxylic acids is 1. The molecule has 3 rings (SSSR count). The fourth-order valence-corrected chi connectivity index (χ4v) is 3.15. The van der Waals surface area contributed by atoms with Gasteiger partial charge >= 0.3 is 5.97 Å². The first-order chi connectivity index (χ1) is 15.5. The number of benzene rings is 3. The number of hydrogen-bond donors (Lipinski definition) is 1. The molecule has 166 valence electrons. The predicted octanol–water partition coefficient (Wildman–Crippen LogP) is 5.99. The lowest BCUT2D eigenvalue weighted by Crippen LogP contribution is -2.26. The van der Waals surface area contributed by atoms with Crippen molar-refractivity contribution in [3.8, 4) is 17.2 Å². The van der Waals surface area contributed by atoms with Crippen LogP contribution in [0.4, 0.5) is 0 Å². The Morgan fingerprint density at radius 2 is 1.53 bits per heavy atom. The average Bonchev–Trinajstić information content (AvgIpc) is 2.81. The Balaban J connectivity index is 1.51. The van der Waals surface area contributed by atoms with Crippen molar-refractivity contribution >= 4 is 11.5 Å². The van der Waals surface area contributed by atoms with Gasteiger partial charge in [0.1, 0.15) is 23.9 Å². The lowest BCUT2D eigenvalue weighted by molar-refractivity contribution is -0.149. The van der Waals surface area contributed by atoms with Crippen LogP contribution in [-0.2, 0) is 16.0 Å². The second-order valence-electron chi connectivity index (χ2n) is 7.27. The molecule has 3 aromatic rings. The van der Waals surface area contributed by atoms with Crippen molar-refractivity contribution in [2.24, 2.45) is 0 Å². The van der Waals surface area contributed by atoms with Crippen molar-refractivity contribution in [2.45, 2.75) is 26.4 Å². The van der Waals surface area contributed by atoms with E-state index in [1.807, 2.05) is 91.9 Å². The van der Waals surface area contributed by atoms with E-state index in [1.165, 1.54) is 0 Å². The van der Waals surface area contributed by atoms with E-state index in [4.69, 9.17) is 14.2 Å². The SMILES string of the molecule is CCO[C@@H](Cc1ccc(OCC=C(C)c2ccc(Oc3ccccc3)cc2)cc1)C(=O)O. The average molecular weight is 433 g/mol.